The van der Waals surface area contributed by atoms with Gasteiger partial charge in [0.2, 0.25) is 0 Å². The van der Waals surface area contributed by atoms with Crippen molar-refractivity contribution >= 4 is 0 Å². The number of aliphatic hydroxyl groups excluding tert-OH is 1. The summed E-state index contributed by atoms with van der Waals surface area (Å²) in [4.78, 5) is 2.33. The van der Waals surface area contributed by atoms with E-state index in [2.05, 4.69) is 11.9 Å². The SMILES string of the molecule is CN1CCC2CC2(CO)C1. The molecule has 0 amide bonds. The van der Waals surface area contributed by atoms with Crippen molar-refractivity contribution in [2.45, 2.75) is 12.8 Å². The summed E-state index contributed by atoms with van der Waals surface area (Å²) in [6, 6.07) is 0. The normalized spacial score (nSPS) is 46.8. The van der Waals surface area contributed by atoms with Crippen molar-refractivity contribution in [1.29, 1.82) is 0 Å². The molecule has 0 aromatic rings. The molecule has 2 atom stereocenters. The van der Waals surface area contributed by atoms with Gasteiger partial charge in [0.25, 0.3) is 0 Å². The molecule has 2 unspecified atom stereocenters. The average molecular weight is 141 g/mol. The largest absolute Gasteiger partial charge is 0.396 e. The third-order valence-corrected chi connectivity index (χ3v) is 3.12. The Bertz CT molecular complexity index is 146. The monoisotopic (exact) mass is 141 g/mol. The fourth-order valence-corrected chi connectivity index (χ4v) is 2.27. The lowest BCUT2D eigenvalue weighted by Crippen LogP contribution is -2.35. The van der Waals surface area contributed by atoms with Crippen molar-refractivity contribution in [3.63, 3.8) is 0 Å². The Hall–Kier alpha value is -0.0800. The van der Waals surface area contributed by atoms with Crippen LogP contribution >= 0.6 is 0 Å². The summed E-state index contributed by atoms with van der Waals surface area (Å²) < 4.78 is 0. The second kappa shape index (κ2) is 1.95. The Labute approximate surface area is 61.8 Å². The van der Waals surface area contributed by atoms with E-state index in [1.807, 2.05) is 0 Å². The van der Waals surface area contributed by atoms with E-state index in [0.717, 1.165) is 12.5 Å². The predicted molar refractivity (Wildman–Crippen MR) is 39.7 cm³/mol. The van der Waals surface area contributed by atoms with Crippen LogP contribution in [0.2, 0.25) is 0 Å². The summed E-state index contributed by atoms with van der Waals surface area (Å²) in [7, 11) is 2.14. The van der Waals surface area contributed by atoms with Gasteiger partial charge in [-0.15, -0.1) is 0 Å². The fraction of sp³-hybridized carbons (Fsp3) is 1.00. The van der Waals surface area contributed by atoms with Gasteiger partial charge in [0.1, 0.15) is 0 Å². The minimum absolute atomic E-state index is 0.340. The Balaban J connectivity index is 2.02. The van der Waals surface area contributed by atoms with E-state index < -0.39 is 0 Å². The van der Waals surface area contributed by atoms with Gasteiger partial charge in [-0.3, -0.25) is 0 Å². The first-order valence-corrected chi connectivity index (χ1v) is 4.06. The highest BCUT2D eigenvalue weighted by molar-refractivity contribution is 5.06. The van der Waals surface area contributed by atoms with Crippen molar-refractivity contribution in [2.75, 3.05) is 26.7 Å². The number of hydrogen-bond donors (Lipinski definition) is 1. The fourth-order valence-electron chi connectivity index (χ4n) is 2.27. The maximum atomic E-state index is 9.08. The summed E-state index contributed by atoms with van der Waals surface area (Å²) >= 11 is 0. The van der Waals surface area contributed by atoms with Crippen molar-refractivity contribution in [3.05, 3.63) is 0 Å². The van der Waals surface area contributed by atoms with E-state index >= 15 is 0 Å². The Kier molecular flexibility index (Phi) is 1.29. The molecule has 0 aromatic heterocycles. The molecule has 0 bridgehead atoms. The maximum Gasteiger partial charge on any atom is 0.0502 e. The maximum absolute atomic E-state index is 9.08. The smallest absolute Gasteiger partial charge is 0.0502 e. The highest BCUT2D eigenvalue weighted by atomic mass is 16.3. The van der Waals surface area contributed by atoms with Gasteiger partial charge in [-0.25, -0.2) is 0 Å². The van der Waals surface area contributed by atoms with Crippen molar-refractivity contribution in [3.8, 4) is 0 Å². The van der Waals surface area contributed by atoms with Crippen LogP contribution in [0, 0.1) is 11.3 Å². The lowest BCUT2D eigenvalue weighted by atomic mass is 9.99. The molecular weight excluding hydrogens is 126 g/mol. The van der Waals surface area contributed by atoms with Crippen molar-refractivity contribution in [1.82, 2.24) is 4.90 Å². The quantitative estimate of drug-likeness (QED) is 0.568. The van der Waals surface area contributed by atoms with Crippen LogP contribution in [-0.4, -0.2) is 36.8 Å². The number of nitrogens with zero attached hydrogens (tertiary/aromatic N) is 1. The zero-order chi connectivity index (χ0) is 7.19. The summed E-state index contributed by atoms with van der Waals surface area (Å²) in [6.45, 7) is 2.75. The second-order valence-corrected chi connectivity index (χ2v) is 3.95. The van der Waals surface area contributed by atoms with E-state index in [0.29, 0.717) is 12.0 Å². The summed E-state index contributed by atoms with van der Waals surface area (Å²) in [5.74, 6) is 0.855. The van der Waals surface area contributed by atoms with Crippen molar-refractivity contribution < 1.29 is 5.11 Å². The molecule has 2 aliphatic rings. The van der Waals surface area contributed by atoms with Crippen molar-refractivity contribution in [2.24, 2.45) is 11.3 Å². The molecule has 0 aromatic carbocycles. The van der Waals surface area contributed by atoms with Crippen LogP contribution in [0.1, 0.15) is 12.8 Å². The highest BCUT2D eigenvalue weighted by Crippen LogP contribution is 2.56. The molecule has 1 heterocycles. The third-order valence-electron chi connectivity index (χ3n) is 3.12. The first-order chi connectivity index (χ1) is 4.77. The minimum atomic E-state index is 0.340. The standard InChI is InChI=1S/C8H15NO/c1-9-3-2-7-4-8(7,5-9)6-10/h7,10H,2-6H2,1H3. The average Bonchev–Trinajstić information content (AvgIpc) is 2.62. The van der Waals surface area contributed by atoms with Crippen LogP contribution in [0.4, 0.5) is 0 Å². The lowest BCUT2D eigenvalue weighted by Gasteiger charge is -2.28. The number of likely N-dealkylation sites (tertiary alicyclic amines) is 1. The molecule has 1 saturated heterocycles. The molecule has 1 aliphatic carbocycles. The first-order valence-electron chi connectivity index (χ1n) is 4.06. The molecule has 10 heavy (non-hydrogen) atoms. The number of hydrogen-bond acceptors (Lipinski definition) is 2. The first kappa shape index (κ1) is 6.62. The van der Waals surface area contributed by atoms with E-state index in [1.54, 1.807) is 0 Å². The van der Waals surface area contributed by atoms with Gasteiger partial charge < -0.3 is 10.0 Å². The summed E-state index contributed by atoms with van der Waals surface area (Å²) in [5, 5.41) is 9.08. The van der Waals surface area contributed by atoms with Gasteiger partial charge in [0.05, 0.1) is 6.61 Å². The van der Waals surface area contributed by atoms with E-state index in [1.165, 1.54) is 19.4 Å². The van der Waals surface area contributed by atoms with Gasteiger partial charge in [-0.1, -0.05) is 0 Å². The second-order valence-electron chi connectivity index (χ2n) is 3.95. The Morgan fingerprint density at radius 2 is 2.50 bits per heavy atom. The zero-order valence-corrected chi connectivity index (χ0v) is 6.51. The van der Waals surface area contributed by atoms with Crippen LogP contribution in [-0.2, 0) is 0 Å². The Morgan fingerprint density at radius 1 is 1.70 bits per heavy atom. The number of aliphatic hydroxyl groups is 1. The van der Waals surface area contributed by atoms with Crippen LogP contribution in [0.3, 0.4) is 0 Å². The van der Waals surface area contributed by atoms with Crippen LogP contribution in [0.25, 0.3) is 0 Å². The van der Waals surface area contributed by atoms with Gasteiger partial charge in [0, 0.05) is 12.0 Å². The molecule has 2 rings (SSSR count). The molecule has 0 radical (unpaired) electrons. The van der Waals surface area contributed by atoms with E-state index in [-0.39, 0.29) is 0 Å². The third kappa shape index (κ3) is 0.789. The highest BCUT2D eigenvalue weighted by Gasteiger charge is 2.55. The van der Waals surface area contributed by atoms with E-state index in [4.69, 9.17) is 5.11 Å². The van der Waals surface area contributed by atoms with Gasteiger partial charge in [-0.05, 0) is 32.4 Å². The summed E-state index contributed by atoms with van der Waals surface area (Å²) in [5.41, 5.74) is 0.340. The molecule has 2 fully saturated rings. The van der Waals surface area contributed by atoms with Gasteiger partial charge >= 0.3 is 0 Å². The van der Waals surface area contributed by atoms with Crippen LogP contribution < -0.4 is 0 Å². The molecule has 2 heteroatoms. The molecule has 1 N–H and O–H groups in total. The molecule has 2 nitrogen and oxygen atoms in total. The van der Waals surface area contributed by atoms with Gasteiger partial charge in [-0.2, -0.15) is 0 Å². The predicted octanol–water partition coefficient (Wildman–Crippen LogP) is 0.321. The number of fused-ring (bicyclic) bond motifs is 1. The topological polar surface area (TPSA) is 23.5 Å². The molecule has 1 saturated carbocycles. The molecule has 58 valence electrons. The minimum Gasteiger partial charge on any atom is -0.396 e. The molecular formula is C8H15NO. The number of rotatable bonds is 1. The van der Waals surface area contributed by atoms with Crippen LogP contribution in [0.15, 0.2) is 0 Å². The Morgan fingerprint density at radius 3 is 3.10 bits per heavy atom. The van der Waals surface area contributed by atoms with Gasteiger partial charge in [0.15, 0.2) is 0 Å². The molecule has 0 spiro atoms. The number of piperidine rings is 1. The summed E-state index contributed by atoms with van der Waals surface area (Å²) in [6.07, 6.45) is 2.57. The molecule has 1 aliphatic heterocycles. The zero-order valence-electron chi connectivity index (χ0n) is 6.51. The van der Waals surface area contributed by atoms with E-state index in [9.17, 15) is 0 Å². The van der Waals surface area contributed by atoms with Crippen LogP contribution in [0.5, 0.6) is 0 Å². The lowest BCUT2D eigenvalue weighted by molar-refractivity contribution is 0.123.